The molecule has 0 heterocycles. The molecular formula is C24H36N4O2. The minimum Gasteiger partial charge on any atom is -0.444 e. The average molecular weight is 413 g/mol. The summed E-state index contributed by atoms with van der Waals surface area (Å²) in [6.07, 6.45) is -0.486. The number of anilines is 4. The van der Waals surface area contributed by atoms with E-state index in [1.807, 2.05) is 57.2 Å². The van der Waals surface area contributed by atoms with E-state index < -0.39 is 11.7 Å². The van der Waals surface area contributed by atoms with Crippen molar-refractivity contribution in [2.75, 3.05) is 16.4 Å². The maximum Gasteiger partial charge on any atom is 0.412 e. The maximum atomic E-state index is 12.0. The SMILES string of the molecule is C[C@H](NCc1ccc(Nc2cccc(NC(=O)OC(C)(C)C)c2)c(N)c1)C(C)(C)C. The lowest BCUT2D eigenvalue weighted by Crippen LogP contribution is -2.37. The number of nitrogens with one attached hydrogen (secondary N) is 3. The van der Waals surface area contributed by atoms with Crippen LogP contribution in [-0.2, 0) is 11.3 Å². The number of carbonyl (C=O) groups is 1. The van der Waals surface area contributed by atoms with E-state index in [-0.39, 0.29) is 5.41 Å². The van der Waals surface area contributed by atoms with E-state index in [2.05, 4.69) is 49.7 Å². The largest absolute Gasteiger partial charge is 0.444 e. The number of amides is 1. The summed E-state index contributed by atoms with van der Waals surface area (Å²) in [4.78, 5) is 12.0. The second-order valence-corrected chi connectivity index (χ2v) is 9.72. The van der Waals surface area contributed by atoms with Crippen molar-refractivity contribution in [1.82, 2.24) is 5.32 Å². The summed E-state index contributed by atoms with van der Waals surface area (Å²) in [5, 5.41) is 9.61. The van der Waals surface area contributed by atoms with Gasteiger partial charge in [-0.15, -0.1) is 0 Å². The van der Waals surface area contributed by atoms with Gasteiger partial charge in [-0.25, -0.2) is 4.79 Å². The monoisotopic (exact) mass is 412 g/mol. The van der Waals surface area contributed by atoms with Crippen molar-refractivity contribution < 1.29 is 9.53 Å². The molecule has 0 saturated heterocycles. The third-order valence-electron chi connectivity index (χ3n) is 4.81. The Kier molecular flexibility index (Phi) is 7.37. The Morgan fingerprint density at radius 3 is 2.30 bits per heavy atom. The molecule has 0 fully saturated rings. The summed E-state index contributed by atoms with van der Waals surface area (Å²) in [7, 11) is 0. The van der Waals surface area contributed by atoms with Crippen LogP contribution in [0.25, 0.3) is 0 Å². The molecule has 6 heteroatoms. The zero-order valence-electron chi connectivity index (χ0n) is 19.2. The highest BCUT2D eigenvalue weighted by Gasteiger charge is 2.19. The van der Waals surface area contributed by atoms with E-state index >= 15 is 0 Å². The molecule has 0 aliphatic carbocycles. The van der Waals surface area contributed by atoms with Crippen LogP contribution in [-0.4, -0.2) is 17.7 Å². The van der Waals surface area contributed by atoms with Gasteiger partial charge in [-0.1, -0.05) is 32.9 Å². The van der Waals surface area contributed by atoms with Gasteiger partial charge in [0.15, 0.2) is 0 Å². The van der Waals surface area contributed by atoms with Crippen molar-refractivity contribution in [3.05, 3.63) is 48.0 Å². The fourth-order valence-corrected chi connectivity index (χ4v) is 2.66. The van der Waals surface area contributed by atoms with E-state index in [0.29, 0.717) is 17.4 Å². The second-order valence-electron chi connectivity index (χ2n) is 9.72. The lowest BCUT2D eigenvalue weighted by atomic mass is 9.88. The van der Waals surface area contributed by atoms with Gasteiger partial charge in [0.05, 0.1) is 11.4 Å². The Balaban J connectivity index is 2.02. The fourth-order valence-electron chi connectivity index (χ4n) is 2.66. The predicted molar refractivity (Wildman–Crippen MR) is 126 cm³/mol. The van der Waals surface area contributed by atoms with Gasteiger partial charge in [0, 0.05) is 24.0 Å². The summed E-state index contributed by atoms with van der Waals surface area (Å²) in [5.74, 6) is 0. The standard InChI is InChI=1S/C24H36N4O2/c1-16(23(2,3)4)26-15-17-11-12-21(20(25)13-17)27-18-9-8-10-19(14-18)28-22(29)30-24(5,6)7/h8-14,16,26-27H,15,25H2,1-7H3,(H,28,29)/t16-/m0/s1. The number of benzene rings is 2. The summed E-state index contributed by atoms with van der Waals surface area (Å²) in [6.45, 7) is 15.1. The van der Waals surface area contributed by atoms with Gasteiger partial charge < -0.3 is 21.1 Å². The number of nitrogens with two attached hydrogens (primary N) is 1. The zero-order chi connectivity index (χ0) is 22.5. The highest BCUT2D eigenvalue weighted by molar-refractivity contribution is 5.86. The predicted octanol–water partition coefficient (Wildman–Crippen LogP) is 5.88. The Hall–Kier alpha value is -2.73. The molecule has 2 aromatic rings. The Bertz CT molecular complexity index is 866. The molecule has 1 amide bonds. The third kappa shape index (κ3) is 7.59. The molecule has 0 aliphatic rings. The number of nitrogen functional groups attached to an aromatic ring is 1. The highest BCUT2D eigenvalue weighted by Crippen LogP contribution is 2.26. The minimum atomic E-state index is -0.546. The van der Waals surface area contributed by atoms with Gasteiger partial charge >= 0.3 is 6.09 Å². The molecule has 0 spiro atoms. The molecule has 0 bridgehead atoms. The van der Waals surface area contributed by atoms with Crippen molar-refractivity contribution in [3.8, 4) is 0 Å². The van der Waals surface area contributed by atoms with Gasteiger partial charge in [-0.3, -0.25) is 5.32 Å². The van der Waals surface area contributed by atoms with E-state index in [9.17, 15) is 4.79 Å². The van der Waals surface area contributed by atoms with E-state index in [1.165, 1.54) is 0 Å². The van der Waals surface area contributed by atoms with Crippen LogP contribution in [0.3, 0.4) is 0 Å². The van der Waals surface area contributed by atoms with Crippen LogP contribution in [0.15, 0.2) is 42.5 Å². The van der Waals surface area contributed by atoms with Crippen LogP contribution in [0.1, 0.15) is 54.0 Å². The molecule has 5 N–H and O–H groups in total. The lowest BCUT2D eigenvalue weighted by Gasteiger charge is -2.28. The molecule has 0 radical (unpaired) electrons. The van der Waals surface area contributed by atoms with Crippen LogP contribution in [0.4, 0.5) is 27.5 Å². The smallest absolute Gasteiger partial charge is 0.412 e. The number of carbonyl (C=O) groups excluding carboxylic acids is 1. The Morgan fingerprint density at radius 2 is 1.70 bits per heavy atom. The van der Waals surface area contributed by atoms with Gasteiger partial charge in [0.1, 0.15) is 5.60 Å². The Morgan fingerprint density at radius 1 is 1.03 bits per heavy atom. The molecule has 164 valence electrons. The molecule has 2 aromatic carbocycles. The second kappa shape index (κ2) is 9.39. The summed E-state index contributed by atoms with van der Waals surface area (Å²) < 4.78 is 5.30. The molecule has 30 heavy (non-hydrogen) atoms. The van der Waals surface area contributed by atoms with Gasteiger partial charge in [0.2, 0.25) is 0 Å². The molecule has 0 aromatic heterocycles. The number of hydrogen-bond donors (Lipinski definition) is 4. The fraction of sp³-hybridized carbons (Fsp3) is 0.458. The van der Waals surface area contributed by atoms with Crippen LogP contribution >= 0.6 is 0 Å². The lowest BCUT2D eigenvalue weighted by molar-refractivity contribution is 0.0636. The van der Waals surface area contributed by atoms with Crippen molar-refractivity contribution in [2.45, 2.75) is 66.7 Å². The topological polar surface area (TPSA) is 88.4 Å². The first kappa shape index (κ1) is 23.5. The van der Waals surface area contributed by atoms with Gasteiger partial charge in [-0.2, -0.15) is 0 Å². The molecule has 6 nitrogen and oxygen atoms in total. The molecule has 2 rings (SSSR count). The quantitative estimate of drug-likeness (QED) is 0.445. The van der Waals surface area contributed by atoms with E-state index in [4.69, 9.17) is 10.5 Å². The molecule has 0 aliphatic heterocycles. The maximum absolute atomic E-state index is 12.0. The summed E-state index contributed by atoms with van der Waals surface area (Å²) in [6, 6.07) is 13.8. The van der Waals surface area contributed by atoms with E-state index in [1.54, 1.807) is 0 Å². The van der Waals surface area contributed by atoms with Crippen LogP contribution in [0.5, 0.6) is 0 Å². The van der Waals surface area contributed by atoms with Crippen molar-refractivity contribution >= 4 is 28.8 Å². The summed E-state index contributed by atoms with van der Waals surface area (Å²) in [5.41, 5.74) is 10.0. The van der Waals surface area contributed by atoms with Crippen LogP contribution in [0, 0.1) is 5.41 Å². The van der Waals surface area contributed by atoms with Crippen LogP contribution in [0.2, 0.25) is 0 Å². The zero-order valence-corrected chi connectivity index (χ0v) is 19.2. The van der Waals surface area contributed by atoms with Crippen molar-refractivity contribution in [2.24, 2.45) is 5.41 Å². The number of ether oxygens (including phenoxy) is 1. The van der Waals surface area contributed by atoms with Crippen LogP contribution < -0.4 is 21.7 Å². The molecular weight excluding hydrogens is 376 g/mol. The minimum absolute atomic E-state index is 0.200. The molecule has 0 saturated carbocycles. The molecule has 0 unspecified atom stereocenters. The molecule has 1 atom stereocenters. The van der Waals surface area contributed by atoms with Gasteiger partial charge in [0.25, 0.3) is 0 Å². The van der Waals surface area contributed by atoms with Gasteiger partial charge in [-0.05, 0) is 69.0 Å². The first-order chi connectivity index (χ1) is 13.8. The Labute approximate surface area is 180 Å². The van der Waals surface area contributed by atoms with Crippen molar-refractivity contribution in [1.29, 1.82) is 0 Å². The third-order valence-corrected chi connectivity index (χ3v) is 4.81. The normalized spacial score (nSPS) is 12.9. The van der Waals surface area contributed by atoms with E-state index in [0.717, 1.165) is 23.5 Å². The first-order valence-corrected chi connectivity index (χ1v) is 10.3. The highest BCUT2D eigenvalue weighted by atomic mass is 16.6. The first-order valence-electron chi connectivity index (χ1n) is 10.3. The van der Waals surface area contributed by atoms with Crippen molar-refractivity contribution in [3.63, 3.8) is 0 Å². The number of hydrogen-bond acceptors (Lipinski definition) is 5. The average Bonchev–Trinajstić information content (AvgIpc) is 2.59. The summed E-state index contributed by atoms with van der Waals surface area (Å²) >= 11 is 0. The number of rotatable bonds is 6.